The van der Waals surface area contributed by atoms with Crippen LogP contribution in [0.1, 0.15) is 18.4 Å². The summed E-state index contributed by atoms with van der Waals surface area (Å²) in [5.41, 5.74) is 0. The van der Waals surface area contributed by atoms with Crippen LogP contribution in [0.2, 0.25) is 0 Å². The Kier molecular flexibility index (Phi) is 11.9. The highest BCUT2D eigenvalue weighted by Gasteiger charge is 1.88. The average molecular weight is 324 g/mol. The number of hydrogen-bond acceptors (Lipinski definition) is 5. The lowest BCUT2D eigenvalue weighted by molar-refractivity contribution is 0.0280. The molecule has 0 aliphatic carbocycles. The first-order valence-corrected chi connectivity index (χ1v) is 7.69. The van der Waals surface area contributed by atoms with Gasteiger partial charge in [0.15, 0.2) is 0 Å². The van der Waals surface area contributed by atoms with E-state index in [1.807, 2.05) is 31.2 Å². The first kappa shape index (κ1) is 19.4. The van der Waals surface area contributed by atoms with Crippen molar-refractivity contribution in [2.45, 2.75) is 20.0 Å². The average Bonchev–Trinajstić information content (AvgIpc) is 3.25. The van der Waals surface area contributed by atoms with E-state index in [9.17, 15) is 0 Å². The topological polar surface area (TPSA) is 68.1 Å². The van der Waals surface area contributed by atoms with E-state index in [-0.39, 0.29) is 0 Å². The minimum absolute atomic E-state index is 0.605. The zero-order valence-electron chi connectivity index (χ0n) is 13.9. The van der Waals surface area contributed by atoms with Crippen LogP contribution in [0.5, 0.6) is 0 Å². The zero-order valence-corrected chi connectivity index (χ0v) is 13.9. The molecule has 0 aromatic carbocycles. The third kappa shape index (κ3) is 10.7. The molecule has 0 unspecified atom stereocenters. The maximum Gasteiger partial charge on any atom is 0.0905 e. The van der Waals surface area contributed by atoms with Crippen LogP contribution in [0.25, 0.3) is 5.32 Å². The first-order chi connectivity index (χ1) is 11.4. The zero-order chi connectivity index (χ0) is 16.6. The number of rotatable bonds is 11. The molecule has 6 nitrogen and oxygen atoms in total. The first-order valence-electron chi connectivity index (χ1n) is 7.69. The molecule has 0 aliphatic rings. The van der Waals surface area contributed by atoms with Crippen molar-refractivity contribution < 1.29 is 23.0 Å². The van der Waals surface area contributed by atoms with Crippen molar-refractivity contribution in [3.63, 3.8) is 0 Å². The Morgan fingerprint density at radius 3 is 1.91 bits per heavy atom. The van der Waals surface area contributed by atoms with Gasteiger partial charge in [-0.2, -0.15) is 0 Å². The molecule has 23 heavy (non-hydrogen) atoms. The van der Waals surface area contributed by atoms with Crippen LogP contribution in [0.4, 0.5) is 0 Å². The molecule has 0 saturated carbocycles. The fraction of sp³-hybridized carbons (Fsp3) is 0.529. The highest BCUT2D eigenvalue weighted by molar-refractivity contribution is 5.07. The fourth-order valence-electron chi connectivity index (χ4n) is 1.59. The van der Waals surface area contributed by atoms with Gasteiger partial charge in [0.05, 0.1) is 50.5 Å². The van der Waals surface area contributed by atoms with E-state index in [1.165, 1.54) is 0 Å². The summed E-state index contributed by atoms with van der Waals surface area (Å²) in [4.78, 5) is 0. The molecule has 2 heterocycles. The molecule has 2 aromatic rings. The summed E-state index contributed by atoms with van der Waals surface area (Å²) < 4.78 is 25.2. The van der Waals surface area contributed by atoms with Crippen LogP contribution < -0.4 is 0 Å². The number of furan rings is 2. The standard InChI is InChI=1S/C10H10NO2.C7H16O3/c1-3-9(12-5-1)7-11-8-10-4-2-6-13-10;1-3-9-6-7-10-5-4-8-2/h1-6H,7-8H2;3-7H2,1-2H3/q-1;. The molecule has 6 heteroatoms. The number of hydrogen-bond donors (Lipinski definition) is 0. The van der Waals surface area contributed by atoms with Gasteiger partial charge in [0, 0.05) is 13.7 Å². The molecule has 0 fully saturated rings. The SMILES string of the molecule is CCOCCOCCOC.c1coc(C[N-]Cc2ccco2)c1. The van der Waals surface area contributed by atoms with Crippen LogP contribution in [-0.4, -0.2) is 40.1 Å². The van der Waals surface area contributed by atoms with Gasteiger partial charge in [-0.15, -0.1) is 0 Å². The molecule has 0 radical (unpaired) electrons. The summed E-state index contributed by atoms with van der Waals surface area (Å²) in [6, 6.07) is 7.53. The van der Waals surface area contributed by atoms with Crippen LogP contribution in [0, 0.1) is 0 Å². The lowest BCUT2D eigenvalue weighted by Gasteiger charge is -2.14. The summed E-state index contributed by atoms with van der Waals surface area (Å²) in [6.45, 7) is 6.59. The molecule has 130 valence electrons. The van der Waals surface area contributed by atoms with Crippen molar-refractivity contribution in [3.8, 4) is 0 Å². The summed E-state index contributed by atoms with van der Waals surface area (Å²) in [5, 5.41) is 4.27. The predicted molar refractivity (Wildman–Crippen MR) is 87.4 cm³/mol. The van der Waals surface area contributed by atoms with Gasteiger partial charge in [0.2, 0.25) is 0 Å². The normalized spacial score (nSPS) is 10.3. The Labute approximate surface area is 137 Å². The lowest BCUT2D eigenvalue weighted by Crippen LogP contribution is -2.07. The van der Waals surface area contributed by atoms with Gasteiger partial charge in [0.25, 0.3) is 0 Å². The Morgan fingerprint density at radius 1 is 0.870 bits per heavy atom. The van der Waals surface area contributed by atoms with Crippen molar-refractivity contribution in [1.29, 1.82) is 0 Å². The molecule has 2 rings (SSSR count). The van der Waals surface area contributed by atoms with Crippen molar-refractivity contribution in [1.82, 2.24) is 0 Å². The van der Waals surface area contributed by atoms with E-state index in [0.29, 0.717) is 39.5 Å². The minimum Gasteiger partial charge on any atom is -0.650 e. The fourth-order valence-corrected chi connectivity index (χ4v) is 1.59. The quantitative estimate of drug-likeness (QED) is 0.590. The Balaban J connectivity index is 0.000000241. The van der Waals surface area contributed by atoms with Crippen molar-refractivity contribution >= 4 is 0 Å². The van der Waals surface area contributed by atoms with Gasteiger partial charge in [0.1, 0.15) is 0 Å². The maximum atomic E-state index is 5.13. The number of ether oxygens (including phenoxy) is 3. The van der Waals surface area contributed by atoms with Crippen LogP contribution >= 0.6 is 0 Å². The molecule has 0 atom stereocenters. The monoisotopic (exact) mass is 324 g/mol. The van der Waals surface area contributed by atoms with Gasteiger partial charge in [-0.1, -0.05) is 13.1 Å². The molecule has 0 saturated heterocycles. The van der Waals surface area contributed by atoms with Gasteiger partial charge in [-0.3, -0.25) is 0 Å². The molecule has 0 bridgehead atoms. The summed E-state index contributed by atoms with van der Waals surface area (Å²) in [5.74, 6) is 1.76. The van der Waals surface area contributed by atoms with Gasteiger partial charge in [-0.05, 0) is 31.2 Å². The molecular formula is C17H26NO5-. The third-order valence-corrected chi connectivity index (χ3v) is 2.70. The third-order valence-electron chi connectivity index (χ3n) is 2.70. The highest BCUT2D eigenvalue weighted by atomic mass is 16.5. The van der Waals surface area contributed by atoms with E-state index in [4.69, 9.17) is 23.0 Å². The second kappa shape index (κ2) is 14.0. The van der Waals surface area contributed by atoms with Crippen molar-refractivity contribution in [2.24, 2.45) is 0 Å². The smallest absolute Gasteiger partial charge is 0.0905 e. The summed E-state index contributed by atoms with van der Waals surface area (Å²) in [7, 11) is 1.66. The molecule has 0 aliphatic heterocycles. The number of nitrogens with zero attached hydrogens (tertiary/aromatic N) is 1. The van der Waals surface area contributed by atoms with E-state index in [2.05, 4.69) is 5.32 Å². The second-order valence-corrected chi connectivity index (χ2v) is 4.50. The van der Waals surface area contributed by atoms with Crippen LogP contribution in [0.15, 0.2) is 45.6 Å². The Morgan fingerprint density at radius 2 is 1.43 bits per heavy atom. The number of methoxy groups -OCH3 is 1. The van der Waals surface area contributed by atoms with Crippen LogP contribution in [-0.2, 0) is 27.3 Å². The van der Waals surface area contributed by atoms with E-state index >= 15 is 0 Å². The van der Waals surface area contributed by atoms with Gasteiger partial charge >= 0.3 is 0 Å². The molecule has 0 spiro atoms. The van der Waals surface area contributed by atoms with Gasteiger partial charge in [-0.25, -0.2) is 0 Å². The van der Waals surface area contributed by atoms with Crippen molar-refractivity contribution in [3.05, 3.63) is 53.6 Å². The van der Waals surface area contributed by atoms with E-state index in [1.54, 1.807) is 19.6 Å². The Bertz CT molecular complexity index is 399. The van der Waals surface area contributed by atoms with E-state index < -0.39 is 0 Å². The molecule has 0 amide bonds. The largest absolute Gasteiger partial charge is 0.650 e. The molecule has 0 N–H and O–H groups in total. The molecular weight excluding hydrogens is 298 g/mol. The lowest BCUT2D eigenvalue weighted by atomic mass is 10.4. The van der Waals surface area contributed by atoms with Crippen LogP contribution in [0.3, 0.4) is 0 Å². The summed E-state index contributed by atoms with van der Waals surface area (Å²) in [6.07, 6.45) is 3.30. The predicted octanol–water partition coefficient (Wildman–Crippen LogP) is 3.63. The van der Waals surface area contributed by atoms with Gasteiger partial charge < -0.3 is 28.4 Å². The van der Waals surface area contributed by atoms with Crippen molar-refractivity contribution in [2.75, 3.05) is 40.1 Å². The summed E-state index contributed by atoms with van der Waals surface area (Å²) >= 11 is 0. The molecule has 2 aromatic heterocycles. The van der Waals surface area contributed by atoms with E-state index in [0.717, 1.165) is 18.1 Å². The second-order valence-electron chi connectivity index (χ2n) is 4.50. The minimum atomic E-state index is 0.605. The highest BCUT2D eigenvalue weighted by Crippen LogP contribution is 2.10. The maximum absolute atomic E-state index is 5.13. The Hall–Kier alpha value is -1.60.